The Kier molecular flexibility index (Phi) is 5.27. The van der Waals surface area contributed by atoms with Crippen LogP contribution >= 0.6 is 15.9 Å². The van der Waals surface area contributed by atoms with Crippen LogP contribution in [0.15, 0.2) is 46.9 Å². The lowest BCUT2D eigenvalue weighted by molar-refractivity contribution is 0.139. The maximum absolute atomic E-state index is 13.7. The van der Waals surface area contributed by atoms with Gasteiger partial charge in [0.05, 0.1) is 11.0 Å². The molecule has 1 amide bonds. The van der Waals surface area contributed by atoms with Gasteiger partial charge in [0.1, 0.15) is 18.2 Å². The lowest BCUT2D eigenvalue weighted by Gasteiger charge is -2.09. The summed E-state index contributed by atoms with van der Waals surface area (Å²) in [5.41, 5.74) is 0.605. The highest BCUT2D eigenvalue weighted by Crippen LogP contribution is 2.21. The van der Waals surface area contributed by atoms with Crippen LogP contribution in [-0.2, 0) is 17.9 Å². The summed E-state index contributed by atoms with van der Waals surface area (Å²) in [6.07, 6.45) is -0.738. The number of carbonyl (C=O) groups excluding carboxylic acids is 1. The molecular weight excluding hydrogens is 344 g/mol. The lowest BCUT2D eigenvalue weighted by atomic mass is 10.2. The highest BCUT2D eigenvalue weighted by molar-refractivity contribution is 9.10. The van der Waals surface area contributed by atoms with E-state index in [9.17, 15) is 13.6 Å². The van der Waals surface area contributed by atoms with Gasteiger partial charge >= 0.3 is 6.09 Å². The molecule has 0 saturated carbocycles. The molecule has 0 fully saturated rings. The van der Waals surface area contributed by atoms with Crippen molar-refractivity contribution in [1.82, 2.24) is 5.32 Å². The van der Waals surface area contributed by atoms with Gasteiger partial charge in [-0.25, -0.2) is 13.6 Å². The molecule has 1 N–H and O–H groups in total. The van der Waals surface area contributed by atoms with Crippen molar-refractivity contribution < 1.29 is 18.3 Å². The van der Waals surface area contributed by atoms with Gasteiger partial charge < -0.3 is 10.1 Å². The molecule has 0 heterocycles. The van der Waals surface area contributed by atoms with Gasteiger partial charge in [-0.1, -0.05) is 30.3 Å². The number of hydrogen-bond donors (Lipinski definition) is 1. The minimum absolute atomic E-state index is 0.0934. The summed E-state index contributed by atoms with van der Waals surface area (Å²) in [4.78, 5) is 11.5. The molecule has 0 radical (unpaired) electrons. The molecule has 0 unspecified atom stereocenters. The Bertz CT molecular complexity index is 635. The van der Waals surface area contributed by atoms with Crippen LogP contribution in [0.25, 0.3) is 0 Å². The van der Waals surface area contributed by atoms with Crippen LogP contribution in [0.4, 0.5) is 13.6 Å². The molecule has 0 spiro atoms. The average Bonchev–Trinajstić information content (AvgIpc) is 2.50. The van der Waals surface area contributed by atoms with Crippen molar-refractivity contribution in [2.75, 3.05) is 0 Å². The number of carbonyl (C=O) groups is 1. The molecule has 0 aromatic heterocycles. The molecule has 0 bridgehead atoms. The first-order valence-corrected chi connectivity index (χ1v) is 6.94. The third-order valence-electron chi connectivity index (χ3n) is 2.76. The second kappa shape index (κ2) is 7.17. The average molecular weight is 356 g/mol. The van der Waals surface area contributed by atoms with Gasteiger partial charge in [-0.3, -0.25) is 0 Å². The van der Waals surface area contributed by atoms with Crippen molar-refractivity contribution in [3.63, 3.8) is 0 Å². The summed E-state index contributed by atoms with van der Waals surface area (Å²) in [6.45, 7) is -0.194. The fourth-order valence-electron chi connectivity index (χ4n) is 1.67. The van der Waals surface area contributed by atoms with Crippen LogP contribution in [0.5, 0.6) is 0 Å². The second-order valence-corrected chi connectivity index (χ2v) is 5.09. The zero-order valence-corrected chi connectivity index (χ0v) is 12.5. The molecule has 2 aromatic rings. The van der Waals surface area contributed by atoms with Crippen molar-refractivity contribution in [3.05, 3.63) is 69.7 Å². The first-order valence-electron chi connectivity index (χ1n) is 6.15. The molecule has 110 valence electrons. The SMILES string of the molecule is O=C(NCc1c(F)ccc(Br)c1F)OCc1ccccc1. The van der Waals surface area contributed by atoms with Gasteiger partial charge in [-0.05, 0) is 33.6 Å². The molecule has 0 saturated heterocycles. The van der Waals surface area contributed by atoms with Crippen molar-refractivity contribution in [1.29, 1.82) is 0 Å². The molecule has 0 aliphatic rings. The van der Waals surface area contributed by atoms with Gasteiger partial charge in [0.15, 0.2) is 0 Å². The third-order valence-corrected chi connectivity index (χ3v) is 3.37. The Morgan fingerprint density at radius 1 is 1.14 bits per heavy atom. The van der Waals surface area contributed by atoms with Gasteiger partial charge in [0.25, 0.3) is 0 Å². The minimum atomic E-state index is -0.738. The maximum Gasteiger partial charge on any atom is 0.407 e. The lowest BCUT2D eigenvalue weighted by Crippen LogP contribution is -2.24. The van der Waals surface area contributed by atoms with Crippen LogP contribution in [0, 0.1) is 11.6 Å². The Morgan fingerprint density at radius 2 is 1.86 bits per heavy atom. The molecular formula is C15H12BrF2NO2. The van der Waals surface area contributed by atoms with E-state index in [-0.39, 0.29) is 23.2 Å². The number of nitrogens with one attached hydrogen (secondary N) is 1. The molecule has 3 nitrogen and oxygen atoms in total. The van der Waals surface area contributed by atoms with E-state index in [1.807, 2.05) is 18.2 Å². The van der Waals surface area contributed by atoms with E-state index < -0.39 is 17.7 Å². The Balaban J connectivity index is 1.89. The van der Waals surface area contributed by atoms with Crippen molar-refractivity contribution in [2.45, 2.75) is 13.2 Å². The highest BCUT2D eigenvalue weighted by Gasteiger charge is 2.13. The van der Waals surface area contributed by atoms with E-state index in [0.717, 1.165) is 11.6 Å². The van der Waals surface area contributed by atoms with Crippen LogP contribution in [0.2, 0.25) is 0 Å². The van der Waals surface area contributed by atoms with E-state index >= 15 is 0 Å². The molecule has 2 aromatic carbocycles. The topological polar surface area (TPSA) is 38.3 Å². The first kappa shape index (κ1) is 15.4. The summed E-state index contributed by atoms with van der Waals surface area (Å²) < 4.78 is 32.3. The van der Waals surface area contributed by atoms with Crippen molar-refractivity contribution >= 4 is 22.0 Å². The summed E-state index contributed by atoms with van der Waals surface area (Å²) in [5, 5.41) is 2.32. The van der Waals surface area contributed by atoms with Crippen LogP contribution in [-0.4, -0.2) is 6.09 Å². The largest absolute Gasteiger partial charge is 0.445 e. The number of ether oxygens (including phenoxy) is 1. The standard InChI is InChI=1S/C15H12BrF2NO2/c16-12-6-7-13(17)11(14(12)18)8-19-15(20)21-9-10-4-2-1-3-5-10/h1-7H,8-9H2,(H,19,20). The van der Waals surface area contributed by atoms with Gasteiger partial charge in [0, 0.05) is 5.56 Å². The Hall–Kier alpha value is -1.95. The van der Waals surface area contributed by atoms with E-state index in [1.165, 1.54) is 6.07 Å². The summed E-state index contributed by atoms with van der Waals surface area (Å²) in [5.74, 6) is -1.46. The number of rotatable bonds is 4. The zero-order valence-electron chi connectivity index (χ0n) is 10.9. The molecule has 0 aliphatic carbocycles. The van der Waals surface area contributed by atoms with E-state index in [0.29, 0.717) is 0 Å². The number of hydrogen-bond acceptors (Lipinski definition) is 2. The molecule has 0 atom stereocenters. The van der Waals surface area contributed by atoms with Crippen LogP contribution in [0.3, 0.4) is 0 Å². The third kappa shape index (κ3) is 4.26. The van der Waals surface area contributed by atoms with Crippen LogP contribution in [0.1, 0.15) is 11.1 Å². The minimum Gasteiger partial charge on any atom is -0.445 e. The number of benzene rings is 2. The fraction of sp³-hybridized carbons (Fsp3) is 0.133. The van der Waals surface area contributed by atoms with Crippen molar-refractivity contribution in [2.24, 2.45) is 0 Å². The highest BCUT2D eigenvalue weighted by atomic mass is 79.9. The fourth-order valence-corrected chi connectivity index (χ4v) is 2.04. The van der Waals surface area contributed by atoms with Gasteiger partial charge in [-0.15, -0.1) is 0 Å². The van der Waals surface area contributed by atoms with Crippen molar-refractivity contribution in [3.8, 4) is 0 Å². The predicted molar refractivity (Wildman–Crippen MR) is 77.5 cm³/mol. The van der Waals surface area contributed by atoms with Crippen LogP contribution < -0.4 is 5.32 Å². The van der Waals surface area contributed by atoms with E-state index in [4.69, 9.17) is 4.74 Å². The molecule has 2 rings (SSSR count). The monoisotopic (exact) mass is 355 g/mol. The van der Waals surface area contributed by atoms with Gasteiger partial charge in [0.2, 0.25) is 0 Å². The normalized spacial score (nSPS) is 10.2. The number of halogens is 3. The zero-order chi connectivity index (χ0) is 15.2. The smallest absolute Gasteiger partial charge is 0.407 e. The van der Waals surface area contributed by atoms with E-state index in [1.54, 1.807) is 12.1 Å². The summed E-state index contributed by atoms with van der Waals surface area (Å²) in [6, 6.07) is 11.5. The molecule has 0 aliphatic heterocycles. The quantitative estimate of drug-likeness (QED) is 0.836. The second-order valence-electron chi connectivity index (χ2n) is 4.24. The number of amides is 1. The summed E-state index contributed by atoms with van der Waals surface area (Å²) in [7, 11) is 0. The van der Waals surface area contributed by atoms with Gasteiger partial charge in [-0.2, -0.15) is 0 Å². The molecule has 6 heteroatoms. The first-order chi connectivity index (χ1) is 10.1. The Morgan fingerprint density at radius 3 is 2.57 bits per heavy atom. The Labute approximate surface area is 129 Å². The predicted octanol–water partition coefficient (Wildman–Crippen LogP) is 4.15. The molecule has 21 heavy (non-hydrogen) atoms. The maximum atomic E-state index is 13.7. The summed E-state index contributed by atoms with van der Waals surface area (Å²) >= 11 is 2.96. The van der Waals surface area contributed by atoms with E-state index in [2.05, 4.69) is 21.2 Å². The number of alkyl carbamates (subject to hydrolysis) is 1.